The van der Waals surface area contributed by atoms with Gasteiger partial charge in [-0.2, -0.15) is 13.2 Å². The van der Waals surface area contributed by atoms with Crippen LogP contribution in [0.2, 0.25) is 0 Å². The molecule has 1 aromatic carbocycles. The van der Waals surface area contributed by atoms with Gasteiger partial charge in [-0.25, -0.2) is 9.97 Å². The highest BCUT2D eigenvalue weighted by Crippen LogP contribution is 2.37. The standard InChI is InChI=1S/C14H14F3N3S/c1-8(2)11-7-12(18)20-13(19-11)9-3-5-10(6-4-9)21-14(15,16)17/h3-8H,1-2H3,(H2,18,19,20). The van der Waals surface area contributed by atoms with E-state index in [0.29, 0.717) is 17.2 Å². The van der Waals surface area contributed by atoms with Crippen LogP contribution in [0, 0.1) is 0 Å². The van der Waals surface area contributed by atoms with E-state index in [-0.39, 0.29) is 22.6 Å². The molecule has 0 unspecified atom stereocenters. The zero-order chi connectivity index (χ0) is 15.6. The number of aromatic nitrogens is 2. The Bertz CT molecular complexity index is 624. The van der Waals surface area contributed by atoms with Crippen LogP contribution < -0.4 is 5.73 Å². The van der Waals surface area contributed by atoms with Crippen LogP contribution in [-0.4, -0.2) is 15.5 Å². The number of hydrogen-bond acceptors (Lipinski definition) is 4. The molecule has 0 bridgehead atoms. The molecule has 0 saturated heterocycles. The molecule has 21 heavy (non-hydrogen) atoms. The SMILES string of the molecule is CC(C)c1cc(N)nc(-c2ccc(SC(F)(F)F)cc2)n1. The molecule has 0 aliphatic carbocycles. The van der Waals surface area contributed by atoms with Crippen molar-refractivity contribution in [3.63, 3.8) is 0 Å². The third-order valence-corrected chi connectivity index (χ3v) is 3.44. The molecule has 2 rings (SSSR count). The van der Waals surface area contributed by atoms with Crippen LogP contribution in [0.25, 0.3) is 11.4 Å². The Morgan fingerprint density at radius 1 is 1.10 bits per heavy atom. The van der Waals surface area contributed by atoms with Crippen LogP contribution in [-0.2, 0) is 0 Å². The minimum absolute atomic E-state index is 0.124. The van der Waals surface area contributed by atoms with Crippen molar-refractivity contribution < 1.29 is 13.2 Å². The fraction of sp³-hybridized carbons (Fsp3) is 0.286. The molecule has 1 aromatic heterocycles. The topological polar surface area (TPSA) is 51.8 Å². The lowest BCUT2D eigenvalue weighted by molar-refractivity contribution is -0.0328. The second-order valence-electron chi connectivity index (χ2n) is 4.77. The molecule has 0 saturated carbocycles. The number of hydrogen-bond donors (Lipinski definition) is 1. The van der Waals surface area contributed by atoms with Gasteiger partial charge in [-0.15, -0.1) is 0 Å². The van der Waals surface area contributed by atoms with Gasteiger partial charge in [-0.3, -0.25) is 0 Å². The van der Waals surface area contributed by atoms with Gasteiger partial charge in [-0.05, 0) is 29.8 Å². The summed E-state index contributed by atoms with van der Waals surface area (Å²) < 4.78 is 36.8. The Kier molecular flexibility index (Phi) is 4.41. The summed E-state index contributed by atoms with van der Waals surface area (Å²) >= 11 is -0.150. The van der Waals surface area contributed by atoms with E-state index < -0.39 is 5.51 Å². The molecular formula is C14H14F3N3S. The number of nitrogens with zero attached hydrogens (tertiary/aromatic N) is 2. The van der Waals surface area contributed by atoms with Crippen molar-refractivity contribution in [1.82, 2.24) is 9.97 Å². The molecule has 0 amide bonds. The van der Waals surface area contributed by atoms with Crippen LogP contribution >= 0.6 is 11.8 Å². The zero-order valence-electron chi connectivity index (χ0n) is 11.5. The monoisotopic (exact) mass is 313 g/mol. The molecule has 0 spiro atoms. The lowest BCUT2D eigenvalue weighted by Gasteiger charge is -2.09. The lowest BCUT2D eigenvalue weighted by Crippen LogP contribution is -2.02. The van der Waals surface area contributed by atoms with Gasteiger partial charge >= 0.3 is 5.51 Å². The first-order valence-corrected chi connectivity index (χ1v) is 7.07. The molecule has 2 N–H and O–H groups in total. The van der Waals surface area contributed by atoms with Crippen molar-refractivity contribution in [3.8, 4) is 11.4 Å². The molecule has 1 heterocycles. The molecule has 0 atom stereocenters. The minimum atomic E-state index is -4.29. The Balaban J connectivity index is 2.30. The van der Waals surface area contributed by atoms with Gasteiger partial charge in [0.2, 0.25) is 0 Å². The number of rotatable bonds is 3. The Hall–Kier alpha value is -1.76. The first-order valence-electron chi connectivity index (χ1n) is 6.25. The number of halogens is 3. The third kappa shape index (κ3) is 4.35. The summed E-state index contributed by atoms with van der Waals surface area (Å²) in [5.74, 6) is 0.953. The summed E-state index contributed by atoms with van der Waals surface area (Å²) in [5.41, 5.74) is 2.88. The molecule has 112 valence electrons. The van der Waals surface area contributed by atoms with E-state index in [1.54, 1.807) is 18.2 Å². The van der Waals surface area contributed by atoms with Crippen LogP contribution in [0.5, 0.6) is 0 Å². The van der Waals surface area contributed by atoms with E-state index in [1.807, 2.05) is 13.8 Å². The van der Waals surface area contributed by atoms with Gasteiger partial charge in [0.05, 0.1) is 0 Å². The van der Waals surface area contributed by atoms with E-state index in [2.05, 4.69) is 9.97 Å². The summed E-state index contributed by atoms with van der Waals surface area (Å²) in [7, 11) is 0. The molecular weight excluding hydrogens is 299 g/mol. The predicted octanol–water partition coefficient (Wildman–Crippen LogP) is 4.46. The number of benzene rings is 1. The maximum Gasteiger partial charge on any atom is 0.446 e. The number of alkyl halides is 3. The smallest absolute Gasteiger partial charge is 0.384 e. The highest BCUT2D eigenvalue weighted by molar-refractivity contribution is 8.00. The molecule has 0 radical (unpaired) electrons. The summed E-state index contributed by atoms with van der Waals surface area (Å²) in [5, 5.41) is 0. The number of nitrogens with two attached hydrogens (primary N) is 1. The van der Waals surface area contributed by atoms with Crippen molar-refractivity contribution >= 4 is 17.6 Å². The van der Waals surface area contributed by atoms with Crippen LogP contribution in [0.15, 0.2) is 35.2 Å². The van der Waals surface area contributed by atoms with Crippen molar-refractivity contribution in [2.24, 2.45) is 0 Å². The fourth-order valence-electron chi connectivity index (χ4n) is 1.72. The van der Waals surface area contributed by atoms with E-state index in [1.165, 1.54) is 12.1 Å². The third-order valence-electron chi connectivity index (χ3n) is 2.70. The quantitative estimate of drug-likeness (QED) is 0.850. The molecule has 2 aromatic rings. The van der Waals surface area contributed by atoms with Gasteiger partial charge in [0.15, 0.2) is 5.82 Å². The molecule has 0 aliphatic rings. The van der Waals surface area contributed by atoms with Gasteiger partial charge < -0.3 is 5.73 Å². The van der Waals surface area contributed by atoms with Crippen molar-refractivity contribution in [2.45, 2.75) is 30.2 Å². The second-order valence-corrected chi connectivity index (χ2v) is 5.91. The highest BCUT2D eigenvalue weighted by Gasteiger charge is 2.29. The Labute approximate surface area is 124 Å². The van der Waals surface area contributed by atoms with Crippen LogP contribution in [0.4, 0.5) is 19.0 Å². The summed E-state index contributed by atoms with van der Waals surface area (Å²) in [6.45, 7) is 3.96. The van der Waals surface area contributed by atoms with E-state index >= 15 is 0 Å². The van der Waals surface area contributed by atoms with Gasteiger partial charge in [-0.1, -0.05) is 26.0 Å². The van der Waals surface area contributed by atoms with E-state index in [9.17, 15) is 13.2 Å². The van der Waals surface area contributed by atoms with E-state index in [0.717, 1.165) is 5.69 Å². The van der Waals surface area contributed by atoms with Crippen molar-refractivity contribution in [1.29, 1.82) is 0 Å². The fourth-order valence-corrected chi connectivity index (χ4v) is 2.26. The van der Waals surface area contributed by atoms with Crippen LogP contribution in [0.3, 0.4) is 0 Å². The largest absolute Gasteiger partial charge is 0.446 e. The molecule has 0 aliphatic heterocycles. The lowest BCUT2D eigenvalue weighted by atomic mass is 10.1. The van der Waals surface area contributed by atoms with Crippen LogP contribution in [0.1, 0.15) is 25.5 Å². The molecule has 3 nitrogen and oxygen atoms in total. The number of anilines is 1. The normalized spacial score (nSPS) is 11.9. The van der Waals surface area contributed by atoms with Crippen molar-refractivity contribution in [3.05, 3.63) is 36.0 Å². The average molecular weight is 313 g/mol. The van der Waals surface area contributed by atoms with Crippen molar-refractivity contribution in [2.75, 3.05) is 5.73 Å². The highest BCUT2D eigenvalue weighted by atomic mass is 32.2. The average Bonchev–Trinajstić information content (AvgIpc) is 2.37. The first kappa shape index (κ1) is 15.6. The Morgan fingerprint density at radius 3 is 2.24 bits per heavy atom. The minimum Gasteiger partial charge on any atom is -0.384 e. The van der Waals surface area contributed by atoms with Gasteiger partial charge in [0.25, 0.3) is 0 Å². The maximum atomic E-state index is 12.3. The maximum absolute atomic E-state index is 12.3. The van der Waals surface area contributed by atoms with Gasteiger partial charge in [0.1, 0.15) is 5.82 Å². The first-order chi connectivity index (χ1) is 9.74. The zero-order valence-corrected chi connectivity index (χ0v) is 12.3. The second kappa shape index (κ2) is 5.93. The number of nitrogen functional groups attached to an aromatic ring is 1. The predicted molar refractivity (Wildman–Crippen MR) is 77.9 cm³/mol. The number of thioether (sulfide) groups is 1. The van der Waals surface area contributed by atoms with Gasteiger partial charge in [0, 0.05) is 22.2 Å². The summed E-state index contributed by atoms with van der Waals surface area (Å²) in [6.07, 6.45) is 0. The summed E-state index contributed by atoms with van der Waals surface area (Å²) in [4.78, 5) is 8.64. The molecule has 0 fully saturated rings. The summed E-state index contributed by atoms with van der Waals surface area (Å²) in [6, 6.07) is 7.62. The Morgan fingerprint density at radius 2 is 1.71 bits per heavy atom. The van der Waals surface area contributed by atoms with E-state index in [4.69, 9.17) is 5.73 Å². The molecule has 7 heteroatoms.